The van der Waals surface area contributed by atoms with Gasteiger partial charge in [-0.15, -0.1) is 0 Å². The zero-order valence-electron chi connectivity index (χ0n) is 10.9. The van der Waals surface area contributed by atoms with Crippen molar-refractivity contribution in [1.82, 2.24) is 0 Å². The van der Waals surface area contributed by atoms with Crippen LogP contribution in [0.4, 0.5) is 0 Å². The van der Waals surface area contributed by atoms with Crippen LogP contribution in [0, 0.1) is 0 Å². The van der Waals surface area contributed by atoms with Crippen molar-refractivity contribution in [1.29, 1.82) is 0 Å². The number of hydrogen-bond acceptors (Lipinski definition) is 5. The molecule has 0 saturated carbocycles. The van der Waals surface area contributed by atoms with E-state index in [0.717, 1.165) is 5.56 Å². The lowest BCUT2D eigenvalue weighted by Gasteiger charge is -2.20. The molecule has 2 rings (SSSR count). The second-order valence-corrected chi connectivity index (χ2v) is 7.38. The number of hydrogen-bond donors (Lipinski definition) is 2. The van der Waals surface area contributed by atoms with Gasteiger partial charge in [0.25, 0.3) is 0 Å². The quantitative estimate of drug-likeness (QED) is 0.641. The van der Waals surface area contributed by atoms with E-state index in [4.69, 9.17) is 0 Å². The maximum Gasteiger partial charge on any atom is 0.156 e. The Bertz CT molecular complexity index is 581. The molecule has 0 amide bonds. The Balaban J connectivity index is 2.01. The first kappa shape index (κ1) is 14.8. The van der Waals surface area contributed by atoms with Crippen molar-refractivity contribution >= 4 is 15.8 Å². The van der Waals surface area contributed by atoms with Crippen LogP contribution in [0.5, 0.6) is 5.75 Å². The first-order chi connectivity index (χ1) is 9.35. The lowest BCUT2D eigenvalue weighted by molar-refractivity contribution is -0.710. The van der Waals surface area contributed by atoms with E-state index in [-0.39, 0.29) is 29.7 Å². The number of phenolic OH excluding ortho intramolecular Hbond substituents is 1. The highest BCUT2D eigenvalue weighted by Crippen LogP contribution is 2.11. The Morgan fingerprint density at radius 3 is 2.55 bits per heavy atom. The Hall–Kier alpha value is -1.60. The molecular formula is C13H17NO5S. The fraction of sp³-hybridized carbons (Fsp3) is 0.462. The molecule has 0 aromatic heterocycles. The predicted octanol–water partition coefficient (Wildman–Crippen LogP) is -2.20. The van der Waals surface area contributed by atoms with Crippen LogP contribution in [0.15, 0.2) is 24.3 Å². The fourth-order valence-electron chi connectivity index (χ4n) is 2.42. The average Bonchev–Trinajstić information content (AvgIpc) is 2.70. The molecule has 0 radical (unpaired) electrons. The number of carboxylic acids is 1. The summed E-state index contributed by atoms with van der Waals surface area (Å²) in [5.41, 5.74) is 0.758. The summed E-state index contributed by atoms with van der Waals surface area (Å²) in [4.78, 5) is 11.2. The van der Waals surface area contributed by atoms with Gasteiger partial charge in [0.2, 0.25) is 0 Å². The Morgan fingerprint density at radius 2 is 2.05 bits per heavy atom. The largest absolute Gasteiger partial charge is 0.544 e. The summed E-state index contributed by atoms with van der Waals surface area (Å²) in [6, 6.07) is 5.22. The van der Waals surface area contributed by atoms with Crippen LogP contribution >= 0.6 is 0 Å². The Labute approximate surface area is 117 Å². The van der Waals surface area contributed by atoms with Crippen LogP contribution in [-0.2, 0) is 21.1 Å². The minimum Gasteiger partial charge on any atom is -0.544 e. The second kappa shape index (κ2) is 5.80. The third-order valence-electron chi connectivity index (χ3n) is 3.47. The van der Waals surface area contributed by atoms with Crippen molar-refractivity contribution < 1.29 is 28.7 Å². The standard InChI is InChI=1S/C13H17NO5S/c15-11-3-1-9(2-4-11)7-12(13(16)17)14-10-5-6-20(18,19)8-10/h1-4,10,12,14-15H,5-8H2,(H,16,17)/t10-,12-/m1/s1. The maximum atomic E-state index is 11.4. The minimum absolute atomic E-state index is 0.0202. The molecule has 0 aliphatic carbocycles. The van der Waals surface area contributed by atoms with Crippen LogP contribution in [0.3, 0.4) is 0 Å². The maximum absolute atomic E-state index is 11.4. The van der Waals surface area contributed by atoms with Gasteiger partial charge in [-0.05, 0) is 17.7 Å². The molecule has 0 bridgehead atoms. The predicted molar refractivity (Wildman–Crippen MR) is 69.6 cm³/mol. The number of benzene rings is 1. The summed E-state index contributed by atoms with van der Waals surface area (Å²) in [6.45, 7) is 0. The summed E-state index contributed by atoms with van der Waals surface area (Å²) in [5.74, 6) is -0.952. The van der Waals surface area contributed by atoms with Crippen molar-refractivity contribution in [2.45, 2.75) is 24.9 Å². The summed E-state index contributed by atoms with van der Waals surface area (Å²) < 4.78 is 22.8. The van der Waals surface area contributed by atoms with E-state index in [1.807, 2.05) is 0 Å². The van der Waals surface area contributed by atoms with Gasteiger partial charge >= 0.3 is 0 Å². The van der Waals surface area contributed by atoms with Crippen LogP contribution in [0.25, 0.3) is 0 Å². The number of aromatic hydroxyl groups is 1. The molecular weight excluding hydrogens is 282 g/mol. The summed E-state index contributed by atoms with van der Waals surface area (Å²) in [7, 11) is -3.02. The van der Waals surface area contributed by atoms with Gasteiger partial charge in [-0.1, -0.05) is 12.1 Å². The zero-order chi connectivity index (χ0) is 14.8. The molecule has 0 spiro atoms. The van der Waals surface area contributed by atoms with Gasteiger partial charge < -0.3 is 20.3 Å². The van der Waals surface area contributed by atoms with Gasteiger partial charge in [-0.3, -0.25) is 0 Å². The summed E-state index contributed by atoms with van der Waals surface area (Å²) >= 11 is 0. The highest BCUT2D eigenvalue weighted by Gasteiger charge is 2.32. The van der Waals surface area contributed by atoms with E-state index in [1.165, 1.54) is 12.1 Å². The van der Waals surface area contributed by atoms with E-state index in [1.54, 1.807) is 17.4 Å². The van der Waals surface area contributed by atoms with Crippen molar-refractivity contribution in [3.8, 4) is 5.75 Å². The normalized spacial score (nSPS) is 22.5. The van der Waals surface area contributed by atoms with Crippen molar-refractivity contribution in [2.24, 2.45) is 0 Å². The average molecular weight is 299 g/mol. The first-order valence-corrected chi connectivity index (χ1v) is 8.22. The number of carboxylic acid groups (broad SMARTS) is 1. The van der Waals surface area contributed by atoms with E-state index >= 15 is 0 Å². The number of rotatable bonds is 5. The number of quaternary nitrogens is 1. The molecule has 110 valence electrons. The number of carbonyl (C=O) groups is 1. The molecule has 1 aromatic rings. The molecule has 1 aliphatic heterocycles. The van der Waals surface area contributed by atoms with Crippen LogP contribution < -0.4 is 10.4 Å². The van der Waals surface area contributed by atoms with Crippen LogP contribution in [-0.4, -0.2) is 43.1 Å². The Kier molecular flexibility index (Phi) is 4.29. The third kappa shape index (κ3) is 3.94. The molecule has 6 nitrogen and oxygen atoms in total. The molecule has 20 heavy (non-hydrogen) atoms. The lowest BCUT2D eigenvalue weighted by Crippen LogP contribution is -2.98. The van der Waals surface area contributed by atoms with E-state index in [2.05, 4.69) is 0 Å². The molecule has 3 N–H and O–H groups in total. The smallest absolute Gasteiger partial charge is 0.156 e. The first-order valence-electron chi connectivity index (χ1n) is 6.40. The fourth-order valence-corrected chi connectivity index (χ4v) is 4.18. The SMILES string of the molecule is O=C([O-])[C@@H](Cc1ccc(O)cc1)[NH2+][C@@H]1CCS(=O)(=O)C1. The van der Waals surface area contributed by atoms with Gasteiger partial charge in [0.1, 0.15) is 23.6 Å². The third-order valence-corrected chi connectivity index (χ3v) is 5.26. The van der Waals surface area contributed by atoms with E-state index in [9.17, 15) is 23.4 Å². The summed E-state index contributed by atoms with van der Waals surface area (Å²) in [6.07, 6.45) is 0.709. The van der Waals surface area contributed by atoms with Gasteiger partial charge in [-0.2, -0.15) is 0 Å². The number of aliphatic carboxylic acids is 1. The van der Waals surface area contributed by atoms with Crippen molar-refractivity contribution in [2.75, 3.05) is 11.5 Å². The molecule has 1 saturated heterocycles. The van der Waals surface area contributed by atoms with Crippen LogP contribution in [0.2, 0.25) is 0 Å². The molecule has 1 aliphatic rings. The van der Waals surface area contributed by atoms with Gasteiger partial charge in [0, 0.05) is 12.8 Å². The zero-order valence-corrected chi connectivity index (χ0v) is 11.7. The molecule has 0 unspecified atom stereocenters. The Morgan fingerprint density at radius 1 is 1.40 bits per heavy atom. The van der Waals surface area contributed by atoms with Gasteiger partial charge in [0.05, 0.1) is 11.7 Å². The minimum atomic E-state index is -3.02. The molecule has 1 heterocycles. The molecule has 7 heteroatoms. The van der Waals surface area contributed by atoms with Gasteiger partial charge in [-0.25, -0.2) is 8.42 Å². The summed E-state index contributed by atoms with van der Waals surface area (Å²) in [5, 5.41) is 21.9. The molecule has 2 atom stereocenters. The number of carbonyl (C=O) groups excluding carboxylic acids is 1. The number of sulfone groups is 1. The van der Waals surface area contributed by atoms with Crippen molar-refractivity contribution in [3.05, 3.63) is 29.8 Å². The number of nitrogens with two attached hydrogens (primary N) is 1. The highest BCUT2D eigenvalue weighted by molar-refractivity contribution is 7.91. The lowest BCUT2D eigenvalue weighted by atomic mass is 10.0. The van der Waals surface area contributed by atoms with Gasteiger partial charge in [0.15, 0.2) is 9.84 Å². The van der Waals surface area contributed by atoms with Crippen molar-refractivity contribution in [3.63, 3.8) is 0 Å². The second-order valence-electron chi connectivity index (χ2n) is 5.15. The monoisotopic (exact) mass is 299 g/mol. The molecule has 1 aromatic carbocycles. The molecule has 1 fully saturated rings. The highest BCUT2D eigenvalue weighted by atomic mass is 32.2. The number of phenols is 1. The topological polar surface area (TPSA) is 111 Å². The van der Waals surface area contributed by atoms with Crippen LogP contribution in [0.1, 0.15) is 12.0 Å². The van der Waals surface area contributed by atoms with E-state index < -0.39 is 21.8 Å². The van der Waals surface area contributed by atoms with E-state index in [0.29, 0.717) is 6.42 Å².